The van der Waals surface area contributed by atoms with Crippen molar-refractivity contribution in [3.8, 4) is 0 Å². The van der Waals surface area contributed by atoms with Crippen LogP contribution >= 0.6 is 11.6 Å². The van der Waals surface area contributed by atoms with Crippen LogP contribution in [0.2, 0.25) is 0 Å². The average Bonchev–Trinajstić information content (AvgIpc) is 2.06. The maximum atomic E-state index is 6.00. The molecule has 1 heterocycles. The highest BCUT2D eigenvalue weighted by molar-refractivity contribution is 6.17. The summed E-state index contributed by atoms with van der Waals surface area (Å²) in [5, 5.41) is 0. The normalized spacial score (nSPS) is 24.2. The second-order valence-electron chi connectivity index (χ2n) is 3.78. The molecule has 1 rings (SSSR count). The zero-order valence-corrected chi connectivity index (χ0v) is 8.56. The van der Waals surface area contributed by atoms with Crippen molar-refractivity contribution in [3.05, 3.63) is 0 Å². The van der Waals surface area contributed by atoms with E-state index in [1.807, 2.05) is 0 Å². The number of rotatable bonds is 3. The molecule has 1 fully saturated rings. The van der Waals surface area contributed by atoms with Gasteiger partial charge in [0, 0.05) is 11.9 Å². The van der Waals surface area contributed by atoms with Gasteiger partial charge in [-0.25, -0.2) is 0 Å². The van der Waals surface area contributed by atoms with E-state index >= 15 is 0 Å². The minimum Gasteiger partial charge on any atom is -0.327 e. The molecule has 0 amide bonds. The molecule has 0 aromatic rings. The number of hydrogen-bond donors (Lipinski definition) is 1. The van der Waals surface area contributed by atoms with Crippen molar-refractivity contribution in [1.29, 1.82) is 0 Å². The zero-order valence-electron chi connectivity index (χ0n) is 7.80. The van der Waals surface area contributed by atoms with Crippen LogP contribution in [0.1, 0.15) is 19.3 Å². The molecule has 1 aliphatic rings. The molecule has 1 atom stereocenters. The van der Waals surface area contributed by atoms with Crippen molar-refractivity contribution in [3.63, 3.8) is 0 Å². The second-order valence-corrected chi connectivity index (χ2v) is 4.16. The first-order chi connectivity index (χ1) is 5.74. The van der Waals surface area contributed by atoms with Gasteiger partial charge in [0.2, 0.25) is 0 Å². The van der Waals surface area contributed by atoms with Crippen LogP contribution in [0, 0.1) is 5.92 Å². The number of piperidine rings is 1. The quantitative estimate of drug-likeness (QED) is 0.680. The van der Waals surface area contributed by atoms with E-state index in [2.05, 4.69) is 11.9 Å². The van der Waals surface area contributed by atoms with Gasteiger partial charge in [0.25, 0.3) is 0 Å². The lowest BCUT2D eigenvalue weighted by molar-refractivity contribution is 0.197. The van der Waals surface area contributed by atoms with Gasteiger partial charge >= 0.3 is 0 Å². The van der Waals surface area contributed by atoms with Crippen molar-refractivity contribution in [2.75, 3.05) is 26.0 Å². The summed E-state index contributed by atoms with van der Waals surface area (Å²) in [4.78, 5) is 2.36. The predicted molar refractivity (Wildman–Crippen MR) is 53.5 cm³/mol. The largest absolute Gasteiger partial charge is 0.327 e. The lowest BCUT2D eigenvalue weighted by Gasteiger charge is -2.32. The summed E-state index contributed by atoms with van der Waals surface area (Å²) < 4.78 is 0. The van der Waals surface area contributed by atoms with Gasteiger partial charge in [-0.2, -0.15) is 0 Å². The first kappa shape index (κ1) is 10.3. The summed E-state index contributed by atoms with van der Waals surface area (Å²) in [6.07, 6.45) is 3.46. The Labute approximate surface area is 80.1 Å². The van der Waals surface area contributed by atoms with E-state index in [-0.39, 0.29) is 0 Å². The van der Waals surface area contributed by atoms with Gasteiger partial charge in [-0.1, -0.05) is 0 Å². The van der Waals surface area contributed by atoms with E-state index in [0.717, 1.165) is 6.42 Å². The van der Waals surface area contributed by atoms with Crippen molar-refractivity contribution < 1.29 is 0 Å². The summed E-state index contributed by atoms with van der Waals surface area (Å²) in [6.45, 7) is 2.39. The minimum absolute atomic E-state index is 0.330. The van der Waals surface area contributed by atoms with Crippen LogP contribution in [0.25, 0.3) is 0 Å². The molecule has 0 aliphatic carbocycles. The van der Waals surface area contributed by atoms with Gasteiger partial charge in [-0.3, -0.25) is 0 Å². The van der Waals surface area contributed by atoms with E-state index in [9.17, 15) is 0 Å². The van der Waals surface area contributed by atoms with Crippen molar-refractivity contribution in [2.24, 2.45) is 11.7 Å². The highest BCUT2D eigenvalue weighted by Gasteiger charge is 2.21. The van der Waals surface area contributed by atoms with Crippen LogP contribution in [-0.2, 0) is 0 Å². The number of nitrogens with zero attached hydrogens (tertiary/aromatic N) is 1. The molecule has 1 unspecified atom stereocenters. The molecule has 2 nitrogen and oxygen atoms in total. The third-order valence-corrected chi connectivity index (χ3v) is 3.03. The molecule has 1 saturated heterocycles. The van der Waals surface area contributed by atoms with Crippen molar-refractivity contribution >= 4 is 11.6 Å². The maximum absolute atomic E-state index is 6.00. The van der Waals surface area contributed by atoms with Crippen LogP contribution in [0.5, 0.6) is 0 Å². The lowest BCUT2D eigenvalue weighted by Crippen LogP contribution is -2.39. The summed E-state index contributed by atoms with van der Waals surface area (Å²) in [7, 11) is 2.17. The number of halogens is 1. The monoisotopic (exact) mass is 190 g/mol. The molecular weight excluding hydrogens is 172 g/mol. The average molecular weight is 191 g/mol. The third-order valence-electron chi connectivity index (χ3n) is 2.81. The van der Waals surface area contributed by atoms with Crippen LogP contribution in [-0.4, -0.2) is 37.0 Å². The van der Waals surface area contributed by atoms with E-state index in [0.29, 0.717) is 17.8 Å². The number of nitrogens with two attached hydrogens (primary N) is 1. The molecule has 0 aromatic carbocycles. The Morgan fingerprint density at radius 2 is 2.08 bits per heavy atom. The van der Waals surface area contributed by atoms with Gasteiger partial charge in [-0.15, -0.1) is 11.6 Å². The summed E-state index contributed by atoms with van der Waals surface area (Å²) >= 11 is 5.65. The summed E-state index contributed by atoms with van der Waals surface area (Å²) in [5.41, 5.74) is 6.00. The lowest BCUT2D eigenvalue weighted by atomic mass is 9.89. The standard InChI is InChI=1S/C9H19ClN2/c1-12-6-3-8(4-7-12)9(11)2-5-10/h8-9H,2-7,11H2,1H3. The highest BCUT2D eigenvalue weighted by Crippen LogP contribution is 2.20. The minimum atomic E-state index is 0.330. The van der Waals surface area contributed by atoms with Gasteiger partial charge in [0.1, 0.15) is 0 Å². The third kappa shape index (κ3) is 2.92. The SMILES string of the molecule is CN1CCC(C(N)CCCl)CC1. The number of alkyl halides is 1. The Bertz CT molecular complexity index is 122. The highest BCUT2D eigenvalue weighted by atomic mass is 35.5. The van der Waals surface area contributed by atoms with Gasteiger partial charge in [0.15, 0.2) is 0 Å². The van der Waals surface area contributed by atoms with Crippen LogP contribution in [0.4, 0.5) is 0 Å². The van der Waals surface area contributed by atoms with Crippen molar-refractivity contribution in [2.45, 2.75) is 25.3 Å². The molecule has 0 spiro atoms. The van der Waals surface area contributed by atoms with Crippen molar-refractivity contribution in [1.82, 2.24) is 4.90 Å². The van der Waals surface area contributed by atoms with Gasteiger partial charge in [-0.05, 0) is 45.3 Å². The molecular formula is C9H19ClN2. The van der Waals surface area contributed by atoms with E-state index < -0.39 is 0 Å². The fourth-order valence-corrected chi connectivity index (χ4v) is 2.07. The first-order valence-electron chi connectivity index (χ1n) is 4.74. The maximum Gasteiger partial charge on any atom is 0.0238 e. The number of likely N-dealkylation sites (tertiary alicyclic amines) is 1. The molecule has 2 N–H and O–H groups in total. The Balaban J connectivity index is 2.24. The fourth-order valence-electron chi connectivity index (χ4n) is 1.82. The smallest absolute Gasteiger partial charge is 0.0238 e. The molecule has 12 heavy (non-hydrogen) atoms. The topological polar surface area (TPSA) is 29.3 Å². The Hall–Kier alpha value is 0.210. The molecule has 3 heteroatoms. The number of hydrogen-bond acceptors (Lipinski definition) is 2. The van der Waals surface area contributed by atoms with Crippen LogP contribution in [0.3, 0.4) is 0 Å². The summed E-state index contributed by atoms with van der Waals surface area (Å²) in [6, 6.07) is 0.330. The van der Waals surface area contributed by atoms with E-state index in [1.165, 1.54) is 25.9 Å². The first-order valence-corrected chi connectivity index (χ1v) is 5.27. The van der Waals surface area contributed by atoms with Gasteiger partial charge < -0.3 is 10.6 Å². The zero-order chi connectivity index (χ0) is 8.97. The molecule has 0 saturated carbocycles. The van der Waals surface area contributed by atoms with Crippen LogP contribution in [0.15, 0.2) is 0 Å². The Morgan fingerprint density at radius 1 is 1.50 bits per heavy atom. The van der Waals surface area contributed by atoms with Gasteiger partial charge in [0.05, 0.1) is 0 Å². The summed E-state index contributed by atoms with van der Waals surface area (Å²) in [5.74, 6) is 1.41. The molecule has 0 bridgehead atoms. The van der Waals surface area contributed by atoms with Crippen LogP contribution < -0.4 is 5.73 Å². The van der Waals surface area contributed by atoms with E-state index in [1.54, 1.807) is 0 Å². The molecule has 0 radical (unpaired) electrons. The van der Waals surface area contributed by atoms with E-state index in [4.69, 9.17) is 17.3 Å². The second kappa shape index (κ2) is 5.05. The Morgan fingerprint density at radius 3 is 2.58 bits per heavy atom. The molecule has 72 valence electrons. The predicted octanol–water partition coefficient (Wildman–Crippen LogP) is 1.28. The fraction of sp³-hybridized carbons (Fsp3) is 1.00. The molecule has 0 aromatic heterocycles. The molecule has 1 aliphatic heterocycles. The Kier molecular flexibility index (Phi) is 4.33.